The first-order valence-corrected chi connectivity index (χ1v) is 8.30. The number of carboxylic acids is 4. The Bertz CT molecular complexity index is 610. The minimum absolute atomic E-state index is 0.606. The third kappa shape index (κ3) is 11.3. The van der Waals surface area contributed by atoms with Crippen molar-refractivity contribution in [3.8, 4) is 5.75 Å². The largest absolute Gasteiger partial charge is 0.492 e. The van der Waals surface area contributed by atoms with Crippen LogP contribution < -0.4 is 15.4 Å². The van der Waals surface area contributed by atoms with Crippen molar-refractivity contribution in [2.24, 2.45) is 0 Å². The summed E-state index contributed by atoms with van der Waals surface area (Å²) in [5.74, 6) is -6.35. The number of carboxylic acid groups (broad SMARTS) is 4. The molecule has 1 atom stereocenters. The summed E-state index contributed by atoms with van der Waals surface area (Å²) in [4.78, 5) is 36.4. The molecule has 6 N–H and O–H groups in total. The Morgan fingerprint density at radius 1 is 1.04 bits per heavy atom. The molecule has 2 rings (SSSR count). The molecule has 1 aromatic rings. The standard InChI is InChI=1S/C13H20N2O.2C2H2O4/c1-2-16-13-8-4-3-7-12(13)15-10-11-6-5-9-14-11;2*3-1(4)2(5)6/h3-4,7-8,11,14-15H,2,5-6,9-10H2,1H3;2*(H,3,4)(H,5,6). The first-order chi connectivity index (χ1) is 13.2. The molecule has 0 aromatic heterocycles. The van der Waals surface area contributed by atoms with Crippen LogP contribution in [0.4, 0.5) is 5.69 Å². The minimum Gasteiger partial charge on any atom is -0.492 e. The van der Waals surface area contributed by atoms with E-state index in [4.69, 9.17) is 44.3 Å². The molecule has 156 valence electrons. The molecule has 1 heterocycles. The van der Waals surface area contributed by atoms with Gasteiger partial charge in [-0.3, -0.25) is 0 Å². The maximum absolute atomic E-state index is 9.10. The molecule has 1 aromatic carbocycles. The van der Waals surface area contributed by atoms with Crippen LogP contribution >= 0.6 is 0 Å². The Kier molecular flexibility index (Phi) is 12.2. The topological polar surface area (TPSA) is 182 Å². The SMILES string of the molecule is CCOc1ccccc1NCC1CCCN1.O=C(O)C(=O)O.O=C(O)C(=O)O. The van der Waals surface area contributed by atoms with E-state index in [-0.39, 0.29) is 0 Å². The summed E-state index contributed by atoms with van der Waals surface area (Å²) in [6.07, 6.45) is 2.56. The lowest BCUT2D eigenvalue weighted by Gasteiger charge is -2.15. The molecule has 0 aliphatic carbocycles. The number of para-hydroxylation sites is 2. The number of anilines is 1. The van der Waals surface area contributed by atoms with Crippen molar-refractivity contribution in [3.05, 3.63) is 24.3 Å². The number of benzene rings is 1. The van der Waals surface area contributed by atoms with E-state index in [1.54, 1.807) is 0 Å². The van der Waals surface area contributed by atoms with Gasteiger partial charge in [0.15, 0.2) is 0 Å². The monoisotopic (exact) mass is 400 g/mol. The van der Waals surface area contributed by atoms with Crippen LogP contribution in [-0.2, 0) is 19.2 Å². The molecule has 0 amide bonds. The average molecular weight is 400 g/mol. The van der Waals surface area contributed by atoms with Crippen LogP contribution in [0, 0.1) is 0 Å². The van der Waals surface area contributed by atoms with Crippen molar-refractivity contribution in [3.63, 3.8) is 0 Å². The molecule has 1 aliphatic heterocycles. The summed E-state index contributed by atoms with van der Waals surface area (Å²) in [6, 6.07) is 8.72. The average Bonchev–Trinajstić information content (AvgIpc) is 3.15. The van der Waals surface area contributed by atoms with Crippen LogP contribution in [0.2, 0.25) is 0 Å². The van der Waals surface area contributed by atoms with Crippen LogP contribution in [0.5, 0.6) is 5.75 Å². The molecule has 0 radical (unpaired) electrons. The van der Waals surface area contributed by atoms with E-state index in [9.17, 15) is 0 Å². The van der Waals surface area contributed by atoms with E-state index in [0.29, 0.717) is 12.6 Å². The lowest BCUT2D eigenvalue weighted by Crippen LogP contribution is -2.29. The van der Waals surface area contributed by atoms with Crippen LogP contribution in [-0.4, -0.2) is 70.0 Å². The first kappa shape index (κ1) is 24.7. The minimum atomic E-state index is -1.82. The summed E-state index contributed by atoms with van der Waals surface area (Å²) >= 11 is 0. The molecule has 11 heteroatoms. The highest BCUT2D eigenvalue weighted by Gasteiger charge is 2.13. The zero-order valence-corrected chi connectivity index (χ0v) is 15.3. The van der Waals surface area contributed by atoms with Crippen LogP contribution in [0.3, 0.4) is 0 Å². The van der Waals surface area contributed by atoms with E-state index in [1.807, 2.05) is 25.1 Å². The van der Waals surface area contributed by atoms with Gasteiger partial charge in [-0.25, -0.2) is 19.2 Å². The first-order valence-electron chi connectivity index (χ1n) is 8.30. The second-order valence-corrected chi connectivity index (χ2v) is 5.32. The van der Waals surface area contributed by atoms with Crippen molar-refractivity contribution in [2.75, 3.05) is 25.0 Å². The number of ether oxygens (including phenoxy) is 1. The molecule has 1 aliphatic rings. The predicted molar refractivity (Wildman–Crippen MR) is 97.7 cm³/mol. The van der Waals surface area contributed by atoms with Gasteiger partial charge >= 0.3 is 23.9 Å². The van der Waals surface area contributed by atoms with E-state index < -0.39 is 23.9 Å². The molecule has 11 nitrogen and oxygen atoms in total. The van der Waals surface area contributed by atoms with E-state index in [1.165, 1.54) is 12.8 Å². The zero-order chi connectivity index (χ0) is 21.5. The van der Waals surface area contributed by atoms with Crippen LogP contribution in [0.25, 0.3) is 0 Å². The summed E-state index contributed by atoms with van der Waals surface area (Å²) < 4.78 is 5.57. The van der Waals surface area contributed by atoms with Gasteiger partial charge in [0.2, 0.25) is 0 Å². The lowest BCUT2D eigenvalue weighted by atomic mass is 10.2. The number of hydrogen-bond donors (Lipinski definition) is 6. The van der Waals surface area contributed by atoms with Gasteiger partial charge in [-0.1, -0.05) is 12.1 Å². The number of aliphatic carboxylic acids is 4. The van der Waals surface area contributed by atoms with Gasteiger partial charge in [0.05, 0.1) is 12.3 Å². The molecule has 0 bridgehead atoms. The van der Waals surface area contributed by atoms with Gasteiger partial charge in [0.1, 0.15) is 5.75 Å². The van der Waals surface area contributed by atoms with Crippen molar-refractivity contribution < 1.29 is 44.3 Å². The quantitative estimate of drug-likeness (QED) is 0.380. The van der Waals surface area contributed by atoms with Crippen molar-refractivity contribution in [1.29, 1.82) is 0 Å². The maximum atomic E-state index is 9.10. The molecular formula is C17H24N2O9. The summed E-state index contributed by atoms with van der Waals surface area (Å²) in [7, 11) is 0. The highest BCUT2D eigenvalue weighted by Crippen LogP contribution is 2.23. The molecule has 28 heavy (non-hydrogen) atoms. The summed E-state index contributed by atoms with van der Waals surface area (Å²) in [5, 5.41) is 36.5. The Morgan fingerprint density at radius 3 is 2.00 bits per heavy atom. The van der Waals surface area contributed by atoms with Gasteiger partial charge in [-0.05, 0) is 38.4 Å². The molecule has 0 saturated carbocycles. The summed E-state index contributed by atoms with van der Waals surface area (Å²) in [6.45, 7) is 4.85. The van der Waals surface area contributed by atoms with Gasteiger partial charge in [0, 0.05) is 12.6 Å². The summed E-state index contributed by atoms with van der Waals surface area (Å²) in [5.41, 5.74) is 1.10. The van der Waals surface area contributed by atoms with E-state index in [0.717, 1.165) is 24.5 Å². The van der Waals surface area contributed by atoms with Gasteiger partial charge in [-0.2, -0.15) is 0 Å². The fraction of sp³-hybridized carbons (Fsp3) is 0.412. The normalized spacial score (nSPS) is 14.4. The van der Waals surface area contributed by atoms with Crippen LogP contribution in [0.15, 0.2) is 24.3 Å². The fourth-order valence-corrected chi connectivity index (χ4v) is 2.06. The third-order valence-electron chi connectivity index (χ3n) is 3.25. The lowest BCUT2D eigenvalue weighted by molar-refractivity contribution is -0.159. The number of hydrogen-bond acceptors (Lipinski definition) is 7. The number of carbonyl (C=O) groups is 4. The van der Waals surface area contributed by atoms with Gasteiger partial charge in [0.25, 0.3) is 0 Å². The number of rotatable bonds is 5. The maximum Gasteiger partial charge on any atom is 0.414 e. The highest BCUT2D eigenvalue weighted by molar-refractivity contribution is 6.27. The molecular weight excluding hydrogens is 376 g/mol. The second-order valence-electron chi connectivity index (χ2n) is 5.32. The molecule has 0 spiro atoms. The smallest absolute Gasteiger partial charge is 0.414 e. The van der Waals surface area contributed by atoms with Crippen LogP contribution in [0.1, 0.15) is 19.8 Å². The van der Waals surface area contributed by atoms with Crippen molar-refractivity contribution >= 4 is 29.6 Å². The van der Waals surface area contributed by atoms with Gasteiger partial charge < -0.3 is 35.8 Å². The number of nitrogens with one attached hydrogen (secondary N) is 2. The van der Waals surface area contributed by atoms with E-state index in [2.05, 4.69) is 16.7 Å². The molecule has 1 fully saturated rings. The van der Waals surface area contributed by atoms with Gasteiger partial charge in [-0.15, -0.1) is 0 Å². The fourth-order valence-electron chi connectivity index (χ4n) is 2.06. The second kappa shape index (κ2) is 13.8. The van der Waals surface area contributed by atoms with Crippen molar-refractivity contribution in [2.45, 2.75) is 25.8 Å². The molecule has 1 saturated heterocycles. The Labute approximate surface area is 160 Å². The molecule has 1 unspecified atom stereocenters. The Hall–Kier alpha value is -3.34. The third-order valence-corrected chi connectivity index (χ3v) is 3.25. The Balaban J connectivity index is 0.000000505. The Morgan fingerprint density at radius 2 is 1.57 bits per heavy atom. The van der Waals surface area contributed by atoms with Crippen molar-refractivity contribution in [1.82, 2.24) is 5.32 Å². The van der Waals surface area contributed by atoms with E-state index >= 15 is 0 Å². The predicted octanol–water partition coefficient (Wildman–Crippen LogP) is 0.560. The highest BCUT2D eigenvalue weighted by atomic mass is 16.5. The zero-order valence-electron chi connectivity index (χ0n) is 15.3.